The molecule has 6 nitrogen and oxygen atoms in total. The highest BCUT2D eigenvalue weighted by molar-refractivity contribution is 7.89. The summed E-state index contributed by atoms with van der Waals surface area (Å²) in [4.78, 5) is 17.5. The standard InChI is InChI=1S/C25H29N3O3S/c1-19(28-32(30,31)22-13-12-20-9-3-4-10-21(20)17-22)24(29)27-18-25(14-6-2-7-15-25)23-11-5-8-16-26-23/h3-5,8-13,16-17,19,28H,2,6-7,14-15,18H2,1H3,(H,27,29). The number of carbonyl (C=O) groups excluding carboxylic acids is 1. The van der Waals surface area contributed by atoms with Crippen LogP contribution < -0.4 is 10.0 Å². The van der Waals surface area contributed by atoms with E-state index in [4.69, 9.17) is 0 Å². The molecule has 1 amide bonds. The van der Waals surface area contributed by atoms with Gasteiger partial charge in [0.15, 0.2) is 0 Å². The average Bonchev–Trinajstić information content (AvgIpc) is 2.83. The van der Waals surface area contributed by atoms with E-state index in [0.29, 0.717) is 6.54 Å². The van der Waals surface area contributed by atoms with Crippen molar-refractivity contribution in [2.24, 2.45) is 0 Å². The van der Waals surface area contributed by atoms with Crippen molar-refractivity contribution in [2.75, 3.05) is 6.54 Å². The van der Waals surface area contributed by atoms with E-state index in [1.54, 1.807) is 31.3 Å². The van der Waals surface area contributed by atoms with Crippen molar-refractivity contribution in [1.82, 2.24) is 15.0 Å². The molecule has 1 unspecified atom stereocenters. The summed E-state index contributed by atoms with van der Waals surface area (Å²) in [5.41, 5.74) is 0.788. The van der Waals surface area contributed by atoms with E-state index >= 15 is 0 Å². The van der Waals surface area contributed by atoms with Gasteiger partial charge in [-0.25, -0.2) is 8.42 Å². The first-order valence-electron chi connectivity index (χ1n) is 11.1. The van der Waals surface area contributed by atoms with Crippen molar-refractivity contribution in [3.8, 4) is 0 Å². The molecule has 4 rings (SSSR count). The molecule has 1 heterocycles. The Morgan fingerprint density at radius 3 is 2.44 bits per heavy atom. The number of benzene rings is 2. The van der Waals surface area contributed by atoms with Crippen molar-refractivity contribution in [1.29, 1.82) is 0 Å². The van der Waals surface area contributed by atoms with Crippen molar-refractivity contribution < 1.29 is 13.2 Å². The summed E-state index contributed by atoms with van der Waals surface area (Å²) >= 11 is 0. The fourth-order valence-electron chi connectivity index (χ4n) is 4.53. The SMILES string of the molecule is CC(NS(=O)(=O)c1ccc2ccccc2c1)C(=O)NCC1(c2ccccn2)CCCCC1. The number of carbonyl (C=O) groups is 1. The lowest BCUT2D eigenvalue weighted by Crippen LogP contribution is -2.49. The molecule has 168 valence electrons. The molecule has 1 aromatic heterocycles. The summed E-state index contributed by atoms with van der Waals surface area (Å²) in [5, 5.41) is 4.79. The summed E-state index contributed by atoms with van der Waals surface area (Å²) in [7, 11) is -3.83. The Hall–Kier alpha value is -2.77. The Kier molecular flexibility index (Phi) is 6.58. The third kappa shape index (κ3) is 4.84. The molecule has 7 heteroatoms. The summed E-state index contributed by atoms with van der Waals surface area (Å²) in [6, 6.07) is 17.5. The van der Waals surface area contributed by atoms with Crippen molar-refractivity contribution >= 4 is 26.7 Å². The minimum absolute atomic E-state index is 0.146. The Balaban J connectivity index is 1.44. The van der Waals surface area contributed by atoms with Gasteiger partial charge in [-0.15, -0.1) is 0 Å². The van der Waals surface area contributed by atoms with E-state index in [1.165, 1.54) is 6.42 Å². The number of pyridine rings is 1. The van der Waals surface area contributed by atoms with E-state index in [9.17, 15) is 13.2 Å². The van der Waals surface area contributed by atoms with Gasteiger partial charge in [-0.3, -0.25) is 9.78 Å². The second kappa shape index (κ2) is 9.38. The maximum absolute atomic E-state index is 12.9. The van der Waals surface area contributed by atoms with E-state index < -0.39 is 16.1 Å². The molecule has 1 aliphatic rings. The van der Waals surface area contributed by atoms with E-state index in [1.807, 2.05) is 42.5 Å². The molecule has 1 aliphatic carbocycles. The number of nitrogens with zero attached hydrogens (tertiary/aromatic N) is 1. The van der Waals surface area contributed by atoms with Gasteiger partial charge in [0.2, 0.25) is 15.9 Å². The van der Waals surface area contributed by atoms with Gasteiger partial charge in [0.05, 0.1) is 10.9 Å². The zero-order valence-corrected chi connectivity index (χ0v) is 19.1. The summed E-state index contributed by atoms with van der Waals surface area (Å²) in [5.74, 6) is -0.338. The van der Waals surface area contributed by atoms with Crippen molar-refractivity contribution in [3.63, 3.8) is 0 Å². The number of aromatic nitrogens is 1. The Morgan fingerprint density at radius 2 is 1.72 bits per heavy atom. The normalized spacial score (nSPS) is 17.0. The van der Waals surface area contributed by atoms with Gasteiger partial charge in [0, 0.05) is 23.9 Å². The van der Waals surface area contributed by atoms with Crippen LogP contribution in [0.2, 0.25) is 0 Å². The van der Waals surface area contributed by atoms with Crippen LogP contribution in [0.25, 0.3) is 10.8 Å². The Labute approximate surface area is 189 Å². The van der Waals surface area contributed by atoms with Crippen molar-refractivity contribution in [3.05, 3.63) is 72.6 Å². The molecule has 0 saturated heterocycles. The molecule has 32 heavy (non-hydrogen) atoms. The fourth-order valence-corrected chi connectivity index (χ4v) is 5.76. The van der Waals surface area contributed by atoms with Crippen LogP contribution in [0, 0.1) is 0 Å². The molecule has 0 bridgehead atoms. The van der Waals surface area contributed by atoms with Gasteiger partial charge in [0.1, 0.15) is 0 Å². The highest BCUT2D eigenvalue weighted by Gasteiger charge is 2.36. The first-order valence-corrected chi connectivity index (χ1v) is 12.6. The second-order valence-corrected chi connectivity index (χ2v) is 10.3. The quantitative estimate of drug-likeness (QED) is 0.570. The lowest BCUT2D eigenvalue weighted by atomic mass is 9.71. The highest BCUT2D eigenvalue weighted by atomic mass is 32.2. The molecular formula is C25H29N3O3S. The van der Waals surface area contributed by atoms with Crippen LogP contribution >= 0.6 is 0 Å². The Bertz CT molecular complexity index is 1190. The van der Waals surface area contributed by atoms with E-state index in [0.717, 1.165) is 42.1 Å². The van der Waals surface area contributed by atoms with Gasteiger partial charge >= 0.3 is 0 Å². The van der Waals surface area contributed by atoms with Gasteiger partial charge in [-0.05, 0) is 54.8 Å². The van der Waals surface area contributed by atoms with Crippen LogP contribution in [0.4, 0.5) is 0 Å². The highest BCUT2D eigenvalue weighted by Crippen LogP contribution is 2.38. The monoisotopic (exact) mass is 451 g/mol. The molecule has 0 spiro atoms. The van der Waals surface area contributed by atoms with Crippen LogP contribution in [0.3, 0.4) is 0 Å². The predicted octanol–water partition coefficient (Wildman–Crippen LogP) is 3.92. The first-order chi connectivity index (χ1) is 15.4. The predicted molar refractivity (Wildman–Crippen MR) is 126 cm³/mol. The number of amides is 1. The summed E-state index contributed by atoms with van der Waals surface area (Å²) < 4.78 is 28.3. The largest absolute Gasteiger partial charge is 0.354 e. The number of nitrogens with one attached hydrogen (secondary N) is 2. The maximum atomic E-state index is 12.9. The number of sulfonamides is 1. The summed E-state index contributed by atoms with van der Waals surface area (Å²) in [6.07, 6.45) is 7.08. The lowest BCUT2D eigenvalue weighted by Gasteiger charge is -2.37. The van der Waals surface area contributed by atoms with Gasteiger partial charge in [-0.1, -0.05) is 55.7 Å². The zero-order chi connectivity index (χ0) is 22.6. The smallest absolute Gasteiger partial charge is 0.241 e. The van der Waals surface area contributed by atoms with E-state index in [2.05, 4.69) is 15.0 Å². The molecule has 1 saturated carbocycles. The van der Waals surface area contributed by atoms with Crippen LogP contribution in [-0.4, -0.2) is 31.9 Å². The molecule has 1 fully saturated rings. The number of hydrogen-bond acceptors (Lipinski definition) is 4. The van der Waals surface area contributed by atoms with Gasteiger partial charge < -0.3 is 5.32 Å². The molecule has 2 aromatic carbocycles. The number of hydrogen-bond donors (Lipinski definition) is 2. The van der Waals surface area contributed by atoms with Crippen LogP contribution in [-0.2, 0) is 20.2 Å². The third-order valence-corrected chi connectivity index (χ3v) is 7.91. The average molecular weight is 452 g/mol. The lowest BCUT2D eigenvalue weighted by molar-refractivity contribution is -0.122. The van der Waals surface area contributed by atoms with E-state index in [-0.39, 0.29) is 16.2 Å². The summed E-state index contributed by atoms with van der Waals surface area (Å²) in [6.45, 7) is 2.02. The third-order valence-electron chi connectivity index (χ3n) is 6.38. The Morgan fingerprint density at radius 1 is 1.00 bits per heavy atom. The van der Waals surface area contributed by atoms with Gasteiger partial charge in [-0.2, -0.15) is 4.72 Å². The number of fused-ring (bicyclic) bond motifs is 1. The maximum Gasteiger partial charge on any atom is 0.241 e. The zero-order valence-electron chi connectivity index (χ0n) is 18.3. The van der Waals surface area contributed by atoms with Crippen molar-refractivity contribution in [2.45, 2.75) is 55.4 Å². The van der Waals surface area contributed by atoms with Gasteiger partial charge in [0.25, 0.3) is 0 Å². The second-order valence-electron chi connectivity index (χ2n) is 8.63. The van der Waals surface area contributed by atoms with Crippen LogP contribution in [0.5, 0.6) is 0 Å². The van der Waals surface area contributed by atoms with Crippen LogP contribution in [0.1, 0.15) is 44.7 Å². The molecule has 1 atom stereocenters. The topological polar surface area (TPSA) is 88.2 Å². The molecule has 0 aliphatic heterocycles. The molecule has 0 radical (unpaired) electrons. The first kappa shape index (κ1) is 22.4. The number of rotatable bonds is 7. The van der Waals surface area contributed by atoms with Crippen LogP contribution in [0.15, 0.2) is 71.8 Å². The minimum atomic E-state index is -3.83. The molecule has 3 aromatic rings. The molecular weight excluding hydrogens is 422 g/mol. The fraction of sp³-hybridized carbons (Fsp3) is 0.360. The molecule has 2 N–H and O–H groups in total. The minimum Gasteiger partial charge on any atom is -0.354 e.